The lowest BCUT2D eigenvalue weighted by atomic mass is 10.1. The van der Waals surface area contributed by atoms with E-state index in [2.05, 4.69) is 10.1 Å². The van der Waals surface area contributed by atoms with Crippen molar-refractivity contribution in [2.24, 2.45) is 0 Å². The van der Waals surface area contributed by atoms with Crippen LogP contribution in [0.1, 0.15) is 19.3 Å². The van der Waals surface area contributed by atoms with Crippen molar-refractivity contribution in [3.63, 3.8) is 0 Å². The van der Waals surface area contributed by atoms with E-state index in [4.69, 9.17) is 5.11 Å². The summed E-state index contributed by atoms with van der Waals surface area (Å²) in [5.74, 6) is -0.226. The quantitative estimate of drug-likeness (QED) is 0.678. The summed E-state index contributed by atoms with van der Waals surface area (Å²) in [6, 6.07) is 0.306. The van der Waals surface area contributed by atoms with Gasteiger partial charge in [0.05, 0.1) is 13.5 Å². The Morgan fingerprint density at radius 2 is 2.06 bits per heavy atom. The Kier molecular flexibility index (Phi) is 5.04. The summed E-state index contributed by atoms with van der Waals surface area (Å²) in [6.45, 7) is 1.71. The molecule has 1 rings (SSSR count). The van der Waals surface area contributed by atoms with Crippen molar-refractivity contribution in [2.75, 3.05) is 26.7 Å². The molecule has 2 N–H and O–H groups in total. The van der Waals surface area contributed by atoms with E-state index in [-0.39, 0.29) is 5.97 Å². The second kappa shape index (κ2) is 6.32. The molecule has 0 aromatic heterocycles. The van der Waals surface area contributed by atoms with Gasteiger partial charge in [-0.1, -0.05) is 0 Å². The number of hydrogen-bond acceptors (Lipinski definition) is 4. The van der Waals surface area contributed by atoms with Crippen LogP contribution >= 0.6 is 0 Å². The fraction of sp³-hybridized carbons (Fsp3) is 0.800. The summed E-state index contributed by atoms with van der Waals surface area (Å²) in [4.78, 5) is 22.9. The van der Waals surface area contributed by atoms with E-state index in [1.807, 2.05) is 0 Å². The maximum absolute atomic E-state index is 10.8. The van der Waals surface area contributed by atoms with Gasteiger partial charge in [0, 0.05) is 25.7 Å². The number of esters is 1. The zero-order chi connectivity index (χ0) is 12.0. The minimum absolute atomic E-state index is 0.226. The van der Waals surface area contributed by atoms with Crippen molar-refractivity contribution in [2.45, 2.75) is 25.3 Å². The number of piperidine rings is 1. The summed E-state index contributed by atoms with van der Waals surface area (Å²) in [5, 5.41) is 12.0. The molecule has 16 heavy (non-hydrogen) atoms. The molecule has 0 atom stereocenters. The number of methoxy groups -OCH3 is 1. The lowest BCUT2D eigenvalue weighted by Gasteiger charge is -2.30. The highest BCUT2D eigenvalue weighted by molar-refractivity contribution is 5.69. The van der Waals surface area contributed by atoms with Crippen molar-refractivity contribution in [1.82, 2.24) is 10.2 Å². The fourth-order valence-corrected chi connectivity index (χ4v) is 1.76. The number of rotatable bonds is 4. The smallest absolute Gasteiger partial charge is 0.407 e. The summed E-state index contributed by atoms with van der Waals surface area (Å²) < 4.78 is 4.52. The number of hydrogen-bond donors (Lipinski definition) is 2. The monoisotopic (exact) mass is 230 g/mol. The van der Waals surface area contributed by atoms with E-state index in [9.17, 15) is 9.59 Å². The Hall–Kier alpha value is -1.30. The predicted molar refractivity (Wildman–Crippen MR) is 57.3 cm³/mol. The molecule has 0 saturated carbocycles. The molecule has 1 aliphatic rings. The number of likely N-dealkylation sites (tertiary alicyclic amines) is 1. The number of carbonyl (C=O) groups excluding carboxylic acids is 1. The Bertz CT molecular complexity index is 249. The third-order valence-corrected chi connectivity index (χ3v) is 2.76. The van der Waals surface area contributed by atoms with Crippen LogP contribution in [0.15, 0.2) is 0 Å². The van der Waals surface area contributed by atoms with Gasteiger partial charge in [-0.15, -0.1) is 0 Å². The van der Waals surface area contributed by atoms with E-state index >= 15 is 0 Å². The van der Waals surface area contributed by atoms with Crippen LogP contribution in [0, 0.1) is 0 Å². The molecule has 0 unspecified atom stereocenters. The second-order valence-corrected chi connectivity index (χ2v) is 3.82. The zero-order valence-corrected chi connectivity index (χ0v) is 9.44. The molecule has 0 aromatic carbocycles. The number of ether oxygens (including phenoxy) is 1. The highest BCUT2D eigenvalue weighted by Gasteiger charge is 2.21. The lowest BCUT2D eigenvalue weighted by Crippen LogP contribution is -2.44. The molecule has 92 valence electrons. The number of carbonyl (C=O) groups is 2. The predicted octanol–water partition coefficient (Wildman–Crippen LogP) is 0.282. The number of carboxylic acid groups (broad SMARTS) is 1. The molecule has 1 fully saturated rings. The SMILES string of the molecule is COC(=O)CCNC1CCN(C(=O)O)CC1. The zero-order valence-electron chi connectivity index (χ0n) is 9.44. The van der Waals surface area contributed by atoms with Gasteiger partial charge in [-0.25, -0.2) is 4.79 Å². The normalized spacial score (nSPS) is 17.2. The fourth-order valence-electron chi connectivity index (χ4n) is 1.76. The molecule has 6 heteroatoms. The standard InChI is InChI=1S/C10H18N2O4/c1-16-9(13)2-5-11-8-3-6-12(7-4-8)10(14)15/h8,11H,2-7H2,1H3,(H,14,15). The van der Waals surface area contributed by atoms with Crippen LogP contribution in [0.5, 0.6) is 0 Å². The Balaban J connectivity index is 2.13. The van der Waals surface area contributed by atoms with Crippen LogP contribution in [0.3, 0.4) is 0 Å². The Labute approximate surface area is 94.6 Å². The molecule has 1 heterocycles. The first-order valence-corrected chi connectivity index (χ1v) is 5.41. The molecule has 0 aromatic rings. The van der Waals surface area contributed by atoms with Gasteiger partial charge in [-0.2, -0.15) is 0 Å². The molecule has 6 nitrogen and oxygen atoms in total. The number of amides is 1. The summed E-state index contributed by atoms with van der Waals surface area (Å²) in [6.07, 6.45) is 1.10. The van der Waals surface area contributed by atoms with Crippen molar-refractivity contribution in [1.29, 1.82) is 0 Å². The molecule has 1 amide bonds. The average molecular weight is 230 g/mol. The van der Waals surface area contributed by atoms with E-state index < -0.39 is 6.09 Å². The highest BCUT2D eigenvalue weighted by Crippen LogP contribution is 2.10. The van der Waals surface area contributed by atoms with E-state index in [1.165, 1.54) is 12.0 Å². The molecule has 1 saturated heterocycles. The molecule has 1 aliphatic heterocycles. The van der Waals surface area contributed by atoms with Gasteiger partial charge in [0.2, 0.25) is 0 Å². The van der Waals surface area contributed by atoms with Gasteiger partial charge < -0.3 is 20.1 Å². The van der Waals surface area contributed by atoms with Crippen molar-refractivity contribution in [3.8, 4) is 0 Å². The van der Waals surface area contributed by atoms with Crippen LogP contribution in [-0.4, -0.2) is 54.9 Å². The number of nitrogens with zero attached hydrogens (tertiary/aromatic N) is 1. The van der Waals surface area contributed by atoms with Crippen molar-refractivity contribution >= 4 is 12.1 Å². The molecule has 0 aliphatic carbocycles. The van der Waals surface area contributed by atoms with Gasteiger partial charge in [-0.05, 0) is 12.8 Å². The molecule has 0 bridgehead atoms. The average Bonchev–Trinajstić information content (AvgIpc) is 2.29. The van der Waals surface area contributed by atoms with E-state index in [0.717, 1.165) is 12.8 Å². The van der Waals surface area contributed by atoms with E-state index in [0.29, 0.717) is 32.1 Å². The first-order valence-electron chi connectivity index (χ1n) is 5.41. The summed E-state index contributed by atoms with van der Waals surface area (Å²) >= 11 is 0. The van der Waals surface area contributed by atoms with Gasteiger partial charge in [0.25, 0.3) is 0 Å². The summed E-state index contributed by atoms with van der Waals surface area (Å²) in [7, 11) is 1.37. The van der Waals surface area contributed by atoms with Crippen LogP contribution in [0.4, 0.5) is 4.79 Å². The van der Waals surface area contributed by atoms with Crippen molar-refractivity contribution < 1.29 is 19.4 Å². The van der Waals surface area contributed by atoms with Gasteiger partial charge in [0.1, 0.15) is 0 Å². The van der Waals surface area contributed by atoms with Crippen LogP contribution in [-0.2, 0) is 9.53 Å². The number of nitrogens with one attached hydrogen (secondary N) is 1. The third-order valence-electron chi connectivity index (χ3n) is 2.76. The van der Waals surface area contributed by atoms with E-state index in [1.54, 1.807) is 0 Å². The molecule has 0 spiro atoms. The maximum Gasteiger partial charge on any atom is 0.407 e. The first kappa shape index (κ1) is 12.8. The topological polar surface area (TPSA) is 78.9 Å². The maximum atomic E-state index is 10.8. The highest BCUT2D eigenvalue weighted by atomic mass is 16.5. The van der Waals surface area contributed by atoms with Gasteiger partial charge >= 0.3 is 12.1 Å². The Morgan fingerprint density at radius 3 is 2.56 bits per heavy atom. The first-order chi connectivity index (χ1) is 7.63. The largest absolute Gasteiger partial charge is 0.469 e. The lowest BCUT2D eigenvalue weighted by molar-refractivity contribution is -0.140. The van der Waals surface area contributed by atoms with Gasteiger partial charge in [-0.3, -0.25) is 4.79 Å². The molecular formula is C10H18N2O4. The minimum Gasteiger partial charge on any atom is -0.469 e. The van der Waals surface area contributed by atoms with Crippen LogP contribution < -0.4 is 5.32 Å². The molecule has 0 radical (unpaired) electrons. The van der Waals surface area contributed by atoms with Crippen LogP contribution in [0.25, 0.3) is 0 Å². The summed E-state index contributed by atoms with van der Waals surface area (Å²) in [5.41, 5.74) is 0. The molecular weight excluding hydrogens is 212 g/mol. The van der Waals surface area contributed by atoms with Gasteiger partial charge in [0.15, 0.2) is 0 Å². The second-order valence-electron chi connectivity index (χ2n) is 3.82. The third kappa shape index (κ3) is 4.06. The minimum atomic E-state index is -0.854. The van der Waals surface area contributed by atoms with Crippen LogP contribution in [0.2, 0.25) is 0 Å². The van der Waals surface area contributed by atoms with Crippen molar-refractivity contribution in [3.05, 3.63) is 0 Å². The Morgan fingerprint density at radius 1 is 1.44 bits per heavy atom.